The molecular weight excluding hydrogens is 580 g/mol. The first kappa shape index (κ1) is 28.7. The number of nitrogens with zero attached hydrogens (tertiary/aromatic N) is 7. The van der Waals surface area contributed by atoms with Crippen molar-refractivity contribution in [3.63, 3.8) is 0 Å². The van der Waals surface area contributed by atoms with Crippen LogP contribution >= 0.6 is 0 Å². The number of aryl methyl sites for hydroxylation is 1. The lowest BCUT2D eigenvalue weighted by Crippen LogP contribution is -2.41. The van der Waals surface area contributed by atoms with Gasteiger partial charge in [-0.25, -0.2) is 9.97 Å². The summed E-state index contributed by atoms with van der Waals surface area (Å²) in [5, 5.41) is 1.02. The molecule has 1 saturated heterocycles. The lowest BCUT2D eigenvalue weighted by molar-refractivity contribution is 0.0700. The van der Waals surface area contributed by atoms with E-state index in [1.165, 1.54) is 17.7 Å². The molecule has 3 atom stereocenters. The van der Waals surface area contributed by atoms with Crippen LogP contribution in [0.25, 0.3) is 44.8 Å². The molecule has 0 radical (unpaired) electrons. The Balaban J connectivity index is 1.20. The van der Waals surface area contributed by atoms with Crippen LogP contribution in [0.4, 0.5) is 0 Å². The Morgan fingerprint density at radius 3 is 2.52 bits per heavy atom. The summed E-state index contributed by atoms with van der Waals surface area (Å²) in [6, 6.07) is 13.7. The molecule has 11 heteroatoms. The predicted octanol–water partition coefficient (Wildman–Crippen LogP) is 4.33. The molecule has 8 rings (SSSR count). The van der Waals surface area contributed by atoms with Gasteiger partial charge in [0, 0.05) is 69.0 Å². The number of benzene rings is 1. The zero-order chi connectivity index (χ0) is 31.9. The van der Waals surface area contributed by atoms with Crippen LogP contribution in [-0.4, -0.2) is 85.5 Å². The maximum Gasteiger partial charge on any atom is 0.271 e. The molecule has 5 aromatic rings. The molecule has 11 nitrogen and oxygen atoms in total. The van der Waals surface area contributed by atoms with Gasteiger partial charge in [-0.15, -0.1) is 0 Å². The summed E-state index contributed by atoms with van der Waals surface area (Å²) in [6.07, 6.45) is 6.14. The number of rotatable bonds is 7. The predicted molar refractivity (Wildman–Crippen MR) is 175 cm³/mol. The molecule has 2 aliphatic carbocycles. The fourth-order valence-electron chi connectivity index (χ4n) is 7.38. The molecule has 2 amide bonds. The quantitative estimate of drug-likeness (QED) is 0.288. The van der Waals surface area contributed by atoms with Crippen molar-refractivity contribution in [2.45, 2.75) is 44.3 Å². The summed E-state index contributed by atoms with van der Waals surface area (Å²) in [4.78, 5) is 44.2. The molecule has 2 bridgehead atoms. The number of hydrogen-bond donors (Lipinski definition) is 1. The standard InChI is InChI=1S/C35H38N8O3/c1-40(2)35(45)25-11-8-21(16-37-25)24-10-7-20-14-28(42(32(20)38-24)17-19-5-6-19)33-39-26-13-23(15-29(46-4)31(26)41(33)3)34(44)43-18-22-9-12-27(43)30(22)36/h7-8,10-11,13-16,19,22,27,30H,5-6,9,12,17-18,36H2,1-4H3/t22?,27?,30-/m1/s1. The van der Waals surface area contributed by atoms with Gasteiger partial charge in [0.05, 0.1) is 24.0 Å². The summed E-state index contributed by atoms with van der Waals surface area (Å²) in [6.45, 7) is 1.55. The number of imidazole rings is 1. The molecule has 2 unspecified atom stereocenters. The molecule has 2 N–H and O–H groups in total. The van der Waals surface area contributed by atoms with Crippen LogP contribution in [0.15, 0.2) is 48.7 Å². The Labute approximate surface area is 267 Å². The smallest absolute Gasteiger partial charge is 0.271 e. The van der Waals surface area contributed by atoms with Gasteiger partial charge in [0.25, 0.3) is 11.8 Å². The fourth-order valence-corrected chi connectivity index (χ4v) is 7.38. The third-order valence-electron chi connectivity index (χ3n) is 10.1. The number of carbonyl (C=O) groups excluding carboxylic acids is 2. The number of nitrogens with two attached hydrogens (primary N) is 1. The number of hydrogen-bond acceptors (Lipinski definition) is 7. The van der Waals surface area contributed by atoms with Crippen molar-refractivity contribution >= 4 is 33.9 Å². The van der Waals surface area contributed by atoms with Gasteiger partial charge in [-0.2, -0.15) is 0 Å². The second kappa shape index (κ2) is 10.7. The lowest BCUT2D eigenvalue weighted by Gasteiger charge is -2.27. The van der Waals surface area contributed by atoms with E-state index in [1.54, 1.807) is 33.5 Å². The monoisotopic (exact) mass is 618 g/mol. The van der Waals surface area contributed by atoms with Gasteiger partial charge in [-0.3, -0.25) is 14.6 Å². The van der Waals surface area contributed by atoms with Gasteiger partial charge < -0.3 is 29.4 Å². The van der Waals surface area contributed by atoms with E-state index >= 15 is 0 Å². The van der Waals surface area contributed by atoms with Gasteiger partial charge >= 0.3 is 0 Å². The van der Waals surface area contributed by atoms with E-state index < -0.39 is 0 Å². The van der Waals surface area contributed by atoms with Crippen molar-refractivity contribution in [1.29, 1.82) is 0 Å². The number of carbonyl (C=O) groups is 2. The molecule has 1 aromatic carbocycles. The van der Waals surface area contributed by atoms with Crippen LogP contribution < -0.4 is 10.5 Å². The minimum absolute atomic E-state index is 0.0109. The zero-order valence-corrected chi connectivity index (χ0v) is 26.6. The number of aromatic nitrogens is 5. The van der Waals surface area contributed by atoms with Crippen molar-refractivity contribution < 1.29 is 14.3 Å². The highest BCUT2D eigenvalue weighted by Crippen LogP contribution is 2.40. The fraction of sp³-hybridized carbons (Fsp3) is 0.400. The summed E-state index contributed by atoms with van der Waals surface area (Å²) >= 11 is 0. The maximum absolute atomic E-state index is 13.7. The Kier molecular flexibility index (Phi) is 6.64. The SMILES string of the molecule is COc1cc(C(=O)N2CC3CCC2[C@@H]3N)cc2nc(-c3cc4ccc(-c5ccc(C(=O)N(C)C)nc5)nc4n3CC3CC3)n(C)c12. The highest BCUT2D eigenvalue weighted by Gasteiger charge is 2.47. The number of fused-ring (bicyclic) bond motifs is 4. The topological polar surface area (TPSA) is 124 Å². The molecule has 3 aliphatic rings. The lowest BCUT2D eigenvalue weighted by atomic mass is 10.1. The first-order valence-corrected chi connectivity index (χ1v) is 16.0. The third-order valence-corrected chi connectivity index (χ3v) is 10.1. The summed E-state index contributed by atoms with van der Waals surface area (Å²) in [5.41, 5.74) is 12.4. The van der Waals surface area contributed by atoms with Gasteiger partial charge in [0.15, 0.2) is 5.82 Å². The number of piperidine rings is 1. The molecule has 2 saturated carbocycles. The first-order valence-electron chi connectivity index (χ1n) is 16.0. The van der Waals surface area contributed by atoms with Crippen LogP contribution in [0.3, 0.4) is 0 Å². The molecule has 4 aromatic heterocycles. The number of methoxy groups -OCH3 is 1. The van der Waals surface area contributed by atoms with E-state index in [2.05, 4.69) is 26.3 Å². The Bertz CT molecular complexity index is 2020. The van der Waals surface area contributed by atoms with Crippen LogP contribution in [0.5, 0.6) is 5.75 Å². The Morgan fingerprint density at radius 1 is 1.04 bits per heavy atom. The first-order chi connectivity index (χ1) is 22.2. The number of ether oxygens (including phenoxy) is 1. The molecule has 46 heavy (non-hydrogen) atoms. The highest BCUT2D eigenvalue weighted by molar-refractivity contribution is 6.00. The van der Waals surface area contributed by atoms with E-state index in [0.29, 0.717) is 40.9 Å². The normalized spacial score (nSPS) is 20.6. The van der Waals surface area contributed by atoms with Gasteiger partial charge in [0.1, 0.15) is 22.6 Å². The van der Waals surface area contributed by atoms with Crippen molar-refractivity contribution in [1.82, 2.24) is 33.9 Å². The largest absolute Gasteiger partial charge is 0.494 e. The Morgan fingerprint density at radius 2 is 1.87 bits per heavy atom. The molecule has 1 aliphatic heterocycles. The van der Waals surface area contributed by atoms with Crippen molar-refractivity contribution in [2.75, 3.05) is 27.7 Å². The average Bonchev–Trinajstić information content (AvgIpc) is 3.47. The van der Waals surface area contributed by atoms with Gasteiger partial charge in [-0.1, -0.05) is 0 Å². The molecule has 0 spiro atoms. The Hall–Kier alpha value is -4.77. The minimum atomic E-state index is -0.138. The van der Waals surface area contributed by atoms with Crippen LogP contribution in [0, 0.1) is 11.8 Å². The van der Waals surface area contributed by atoms with E-state index in [-0.39, 0.29) is 23.9 Å². The van der Waals surface area contributed by atoms with E-state index in [9.17, 15) is 9.59 Å². The third kappa shape index (κ3) is 4.55. The van der Waals surface area contributed by atoms with Crippen LogP contribution in [-0.2, 0) is 13.6 Å². The minimum Gasteiger partial charge on any atom is -0.494 e. The average molecular weight is 619 g/mol. The van der Waals surface area contributed by atoms with E-state index in [1.807, 2.05) is 36.2 Å². The molecule has 5 heterocycles. The van der Waals surface area contributed by atoms with E-state index in [4.69, 9.17) is 20.4 Å². The number of amides is 2. The summed E-state index contributed by atoms with van der Waals surface area (Å²) in [7, 11) is 7.06. The molecular formula is C35H38N8O3. The van der Waals surface area contributed by atoms with Gasteiger partial charge in [0.2, 0.25) is 0 Å². The van der Waals surface area contributed by atoms with E-state index in [0.717, 1.165) is 58.7 Å². The number of likely N-dealkylation sites (tertiary alicyclic amines) is 1. The van der Waals surface area contributed by atoms with Gasteiger partial charge in [-0.05, 0) is 80.0 Å². The second-order valence-electron chi connectivity index (χ2n) is 13.3. The second-order valence-corrected chi connectivity index (χ2v) is 13.3. The van der Waals surface area contributed by atoms with Crippen LogP contribution in [0.2, 0.25) is 0 Å². The maximum atomic E-state index is 13.7. The number of pyridine rings is 2. The summed E-state index contributed by atoms with van der Waals surface area (Å²) < 4.78 is 10.2. The molecule has 3 fully saturated rings. The van der Waals surface area contributed by atoms with Crippen molar-refractivity contribution in [2.24, 2.45) is 24.6 Å². The zero-order valence-electron chi connectivity index (χ0n) is 26.6. The van der Waals surface area contributed by atoms with Crippen LogP contribution in [0.1, 0.15) is 46.5 Å². The van der Waals surface area contributed by atoms with Crippen molar-refractivity contribution in [3.05, 3.63) is 59.9 Å². The molecule has 236 valence electrons. The van der Waals surface area contributed by atoms with Crippen molar-refractivity contribution in [3.8, 4) is 28.5 Å². The highest BCUT2D eigenvalue weighted by atomic mass is 16.5. The summed E-state index contributed by atoms with van der Waals surface area (Å²) in [5.74, 6) is 2.22.